The Balaban J connectivity index is 2.81. The lowest BCUT2D eigenvalue weighted by Gasteiger charge is -2.13. The smallest absolute Gasteiger partial charge is 0.127 e. The summed E-state index contributed by atoms with van der Waals surface area (Å²) in [5.41, 5.74) is 1.33. The van der Waals surface area contributed by atoms with Crippen LogP contribution < -0.4 is 0 Å². The molecule has 0 bridgehead atoms. The molecule has 0 atom stereocenters. The van der Waals surface area contributed by atoms with E-state index in [1.807, 2.05) is 11.9 Å². The van der Waals surface area contributed by atoms with Gasteiger partial charge in [-0.1, -0.05) is 27.5 Å². The van der Waals surface area contributed by atoms with Gasteiger partial charge in [0.1, 0.15) is 5.82 Å². The predicted molar refractivity (Wildman–Crippen MR) is 56.7 cm³/mol. The highest BCUT2D eigenvalue weighted by Crippen LogP contribution is 2.16. The Hall–Kier alpha value is -0.120. The molecule has 0 aromatic heterocycles. The molecule has 0 amide bonds. The molecular weight excluding hydrogens is 256 g/mol. The highest BCUT2D eigenvalue weighted by molar-refractivity contribution is 9.09. The minimum absolute atomic E-state index is 0.211. The zero-order valence-electron chi connectivity index (χ0n) is 7.23. The summed E-state index contributed by atoms with van der Waals surface area (Å²) in [6.07, 6.45) is 0. The maximum atomic E-state index is 13.2. The van der Waals surface area contributed by atoms with Crippen LogP contribution in [0.5, 0.6) is 0 Å². The van der Waals surface area contributed by atoms with E-state index in [9.17, 15) is 4.39 Å². The number of hydrogen-bond acceptors (Lipinski definition) is 1. The van der Waals surface area contributed by atoms with Gasteiger partial charge in [-0.25, -0.2) is 4.39 Å². The SMILES string of the molecule is CN(CBr)Cc1cc(Cl)ccc1F. The van der Waals surface area contributed by atoms with Crippen molar-refractivity contribution in [1.82, 2.24) is 4.90 Å². The molecule has 0 aliphatic carbocycles. The van der Waals surface area contributed by atoms with Crippen molar-refractivity contribution in [3.8, 4) is 0 Å². The van der Waals surface area contributed by atoms with Crippen LogP contribution >= 0.6 is 27.5 Å². The van der Waals surface area contributed by atoms with E-state index in [4.69, 9.17) is 11.6 Å². The van der Waals surface area contributed by atoms with Crippen molar-refractivity contribution in [2.45, 2.75) is 6.54 Å². The first kappa shape index (κ1) is 11.0. The summed E-state index contributed by atoms with van der Waals surface area (Å²) < 4.78 is 13.2. The van der Waals surface area contributed by atoms with E-state index in [1.54, 1.807) is 12.1 Å². The molecule has 1 aromatic carbocycles. The number of nitrogens with zero attached hydrogens (tertiary/aromatic N) is 1. The van der Waals surface area contributed by atoms with E-state index in [2.05, 4.69) is 15.9 Å². The molecule has 0 aliphatic rings. The number of hydrogen-bond donors (Lipinski definition) is 0. The van der Waals surface area contributed by atoms with E-state index in [0.29, 0.717) is 22.6 Å². The fourth-order valence-corrected chi connectivity index (χ4v) is 1.37. The van der Waals surface area contributed by atoms with Crippen molar-refractivity contribution in [2.75, 3.05) is 12.5 Å². The minimum atomic E-state index is -0.211. The molecule has 72 valence electrons. The largest absolute Gasteiger partial charge is 0.292 e. The Kier molecular flexibility index (Phi) is 4.16. The van der Waals surface area contributed by atoms with Crippen LogP contribution in [0.1, 0.15) is 5.56 Å². The molecule has 0 saturated heterocycles. The second-order valence-corrected chi connectivity index (χ2v) is 3.81. The van der Waals surface area contributed by atoms with Crippen LogP contribution in [0.2, 0.25) is 5.02 Å². The van der Waals surface area contributed by atoms with Gasteiger partial charge in [-0.2, -0.15) is 0 Å². The van der Waals surface area contributed by atoms with Crippen LogP contribution in [0.25, 0.3) is 0 Å². The van der Waals surface area contributed by atoms with Crippen molar-refractivity contribution >= 4 is 27.5 Å². The van der Waals surface area contributed by atoms with Gasteiger partial charge in [0, 0.05) is 17.1 Å². The van der Waals surface area contributed by atoms with Crippen LogP contribution in [0.15, 0.2) is 18.2 Å². The highest BCUT2D eigenvalue weighted by Gasteiger charge is 2.05. The van der Waals surface area contributed by atoms with Crippen molar-refractivity contribution in [1.29, 1.82) is 0 Å². The second-order valence-electron chi connectivity index (χ2n) is 2.87. The first-order valence-electron chi connectivity index (χ1n) is 3.82. The topological polar surface area (TPSA) is 3.24 Å². The quantitative estimate of drug-likeness (QED) is 0.599. The van der Waals surface area contributed by atoms with Gasteiger partial charge in [0.2, 0.25) is 0 Å². The van der Waals surface area contributed by atoms with Gasteiger partial charge in [-0.15, -0.1) is 0 Å². The summed E-state index contributed by atoms with van der Waals surface area (Å²) in [5, 5.41) is 0.569. The zero-order valence-corrected chi connectivity index (χ0v) is 9.57. The Labute approximate surface area is 90.6 Å². The van der Waals surface area contributed by atoms with Gasteiger partial charge in [-0.3, -0.25) is 4.90 Å². The molecule has 0 unspecified atom stereocenters. The Morgan fingerprint density at radius 1 is 1.54 bits per heavy atom. The molecule has 0 radical (unpaired) electrons. The maximum absolute atomic E-state index is 13.2. The summed E-state index contributed by atoms with van der Waals surface area (Å²) in [4.78, 5) is 1.94. The predicted octanol–water partition coefficient (Wildman–Crippen LogP) is 3.26. The molecule has 1 aromatic rings. The zero-order chi connectivity index (χ0) is 9.84. The average Bonchev–Trinajstić information content (AvgIpc) is 2.11. The van der Waals surface area contributed by atoms with Crippen molar-refractivity contribution in [3.05, 3.63) is 34.6 Å². The third-order valence-electron chi connectivity index (χ3n) is 1.65. The van der Waals surface area contributed by atoms with Gasteiger partial charge < -0.3 is 0 Å². The molecule has 1 rings (SSSR count). The van der Waals surface area contributed by atoms with Crippen molar-refractivity contribution in [2.24, 2.45) is 0 Å². The number of benzene rings is 1. The number of halogens is 3. The molecule has 0 N–H and O–H groups in total. The molecule has 0 fully saturated rings. The Morgan fingerprint density at radius 2 is 2.23 bits per heavy atom. The van der Waals surface area contributed by atoms with Crippen LogP contribution in [0.3, 0.4) is 0 Å². The second kappa shape index (κ2) is 4.94. The first-order chi connectivity index (χ1) is 6.13. The van der Waals surface area contributed by atoms with Crippen LogP contribution in [0, 0.1) is 5.82 Å². The van der Waals surface area contributed by atoms with Gasteiger partial charge >= 0.3 is 0 Å². The van der Waals surface area contributed by atoms with Crippen LogP contribution in [-0.4, -0.2) is 17.4 Å². The summed E-state index contributed by atoms with van der Waals surface area (Å²) in [6.45, 7) is 0.553. The Morgan fingerprint density at radius 3 is 2.85 bits per heavy atom. The average molecular weight is 267 g/mol. The Bertz CT molecular complexity index is 293. The van der Waals surface area contributed by atoms with Gasteiger partial charge in [0.25, 0.3) is 0 Å². The third-order valence-corrected chi connectivity index (χ3v) is 2.74. The van der Waals surface area contributed by atoms with Crippen LogP contribution in [0.4, 0.5) is 4.39 Å². The number of alkyl halides is 1. The lowest BCUT2D eigenvalue weighted by Crippen LogP contribution is -2.15. The van der Waals surface area contributed by atoms with E-state index >= 15 is 0 Å². The van der Waals surface area contributed by atoms with E-state index < -0.39 is 0 Å². The standard InChI is InChI=1S/C9H10BrClFN/c1-13(6-10)5-7-4-8(11)2-3-9(7)12/h2-4H,5-6H2,1H3. The summed E-state index contributed by atoms with van der Waals surface area (Å²) in [7, 11) is 1.90. The normalized spacial score (nSPS) is 10.8. The molecule has 4 heteroatoms. The van der Waals surface area contributed by atoms with Crippen LogP contribution in [-0.2, 0) is 6.54 Å². The monoisotopic (exact) mass is 265 g/mol. The molecule has 1 nitrogen and oxygen atoms in total. The van der Waals surface area contributed by atoms with E-state index in [-0.39, 0.29) is 5.82 Å². The summed E-state index contributed by atoms with van der Waals surface area (Å²) in [5.74, 6) is -0.211. The molecule has 13 heavy (non-hydrogen) atoms. The molecule has 0 saturated carbocycles. The third kappa shape index (κ3) is 3.25. The first-order valence-corrected chi connectivity index (χ1v) is 5.32. The van der Waals surface area contributed by atoms with E-state index in [1.165, 1.54) is 6.07 Å². The molecule has 0 aliphatic heterocycles. The summed E-state index contributed by atoms with van der Waals surface area (Å²) in [6, 6.07) is 4.59. The van der Waals surface area contributed by atoms with Gasteiger partial charge in [-0.05, 0) is 25.2 Å². The van der Waals surface area contributed by atoms with E-state index in [0.717, 1.165) is 0 Å². The summed E-state index contributed by atoms with van der Waals surface area (Å²) >= 11 is 9.03. The van der Waals surface area contributed by atoms with Crippen molar-refractivity contribution < 1.29 is 4.39 Å². The maximum Gasteiger partial charge on any atom is 0.127 e. The molecule has 0 heterocycles. The van der Waals surface area contributed by atoms with Gasteiger partial charge in [0.05, 0.1) is 5.45 Å². The van der Waals surface area contributed by atoms with Gasteiger partial charge in [0.15, 0.2) is 0 Å². The molecular formula is C9H10BrClFN. The lowest BCUT2D eigenvalue weighted by molar-refractivity contribution is 0.381. The van der Waals surface area contributed by atoms with Crippen molar-refractivity contribution in [3.63, 3.8) is 0 Å². The lowest BCUT2D eigenvalue weighted by atomic mass is 10.2. The molecule has 0 spiro atoms. The highest BCUT2D eigenvalue weighted by atomic mass is 79.9. The minimum Gasteiger partial charge on any atom is -0.292 e. The number of rotatable bonds is 3. The fraction of sp³-hybridized carbons (Fsp3) is 0.333. The fourth-order valence-electron chi connectivity index (χ4n) is 0.998.